The van der Waals surface area contributed by atoms with Crippen LogP contribution in [0.15, 0.2) is 71.8 Å². The van der Waals surface area contributed by atoms with Crippen molar-refractivity contribution in [2.45, 2.75) is 46.5 Å². The second-order valence-electron chi connectivity index (χ2n) is 8.33. The summed E-state index contributed by atoms with van der Waals surface area (Å²) in [7, 11) is 0. The molecular weight excluding hydrogens is 446 g/mol. The van der Waals surface area contributed by atoms with E-state index in [1.165, 1.54) is 18.2 Å². The van der Waals surface area contributed by atoms with Gasteiger partial charge in [0, 0.05) is 11.1 Å². The zero-order valence-corrected chi connectivity index (χ0v) is 25.0. The second-order valence-corrected chi connectivity index (χ2v) is 8.33. The van der Waals surface area contributed by atoms with Crippen LogP contribution in [0.25, 0.3) is 5.57 Å². The number of carboxylic acid groups (broad SMARTS) is 1. The molecule has 1 aliphatic carbocycles. The number of hydrogen-bond acceptors (Lipinski definition) is 4. The maximum Gasteiger partial charge on any atom is 1.00 e. The third kappa shape index (κ3) is 6.63. The maximum atomic E-state index is 12.5. The molecule has 0 aliphatic heterocycles. The molecule has 4 nitrogen and oxygen atoms in total. The van der Waals surface area contributed by atoms with Crippen LogP contribution in [0, 0.1) is 5.92 Å². The molecule has 2 unspecified atom stereocenters. The minimum atomic E-state index is -1.27. The largest absolute Gasteiger partial charge is 1.00 e. The summed E-state index contributed by atoms with van der Waals surface area (Å²) in [6, 6.07) is 11.8. The smallest absolute Gasteiger partial charge is 0.872 e. The number of aromatic carboxylic acids is 1. The van der Waals surface area contributed by atoms with Crippen molar-refractivity contribution in [3.63, 3.8) is 0 Å². The number of allylic oxidation sites excluding steroid dienone is 5. The Labute approximate surface area is 246 Å². The summed E-state index contributed by atoms with van der Waals surface area (Å²) < 4.78 is 0. The van der Waals surface area contributed by atoms with Crippen LogP contribution < -0.4 is 69.3 Å². The average Bonchev–Trinajstić information content (AvgIpc) is 2.80. The average molecular weight is 475 g/mol. The van der Waals surface area contributed by atoms with Gasteiger partial charge < -0.3 is 15.0 Å². The van der Waals surface area contributed by atoms with Gasteiger partial charge >= 0.3 is 59.1 Å². The van der Waals surface area contributed by atoms with Gasteiger partial charge in [0.2, 0.25) is 0 Å². The Kier molecular flexibility index (Phi) is 12.3. The van der Waals surface area contributed by atoms with Crippen LogP contribution in [0.3, 0.4) is 0 Å². The standard InChI is InChI=1S/C28H30O4.2Na/c1-5-17(3)23-15-19(11-13-25(23)29)27(21-9-7-8-10-22(21)28(31)32)20-12-14-26(30)24(16-20)18(4)6-2;;/h7-18,29H,5-6H2,1-4H3,(H,31,32);;/q;2*+1/p-2/b27-20+;;. The maximum absolute atomic E-state index is 12.5. The zero-order valence-electron chi connectivity index (χ0n) is 21.0. The van der Waals surface area contributed by atoms with Gasteiger partial charge in [-0.25, -0.2) is 0 Å². The summed E-state index contributed by atoms with van der Waals surface area (Å²) in [5.74, 6) is -1.21. The van der Waals surface area contributed by atoms with E-state index in [1.54, 1.807) is 30.3 Å². The Bertz CT molecular complexity index is 1140. The zero-order chi connectivity index (χ0) is 23.4. The molecule has 166 valence electrons. The number of carbonyl (C=O) groups excluding carboxylic acids is 2. The number of ketones is 1. The third-order valence-corrected chi connectivity index (χ3v) is 6.30. The molecule has 0 saturated carbocycles. The fourth-order valence-corrected chi connectivity index (χ4v) is 3.97. The normalized spacial score (nSPS) is 16.0. The van der Waals surface area contributed by atoms with Crippen molar-refractivity contribution in [1.29, 1.82) is 0 Å². The van der Waals surface area contributed by atoms with E-state index >= 15 is 0 Å². The van der Waals surface area contributed by atoms with Gasteiger partial charge in [0.15, 0.2) is 5.78 Å². The van der Waals surface area contributed by atoms with Gasteiger partial charge in [0.1, 0.15) is 0 Å². The van der Waals surface area contributed by atoms with Crippen molar-refractivity contribution in [2.75, 3.05) is 0 Å². The third-order valence-electron chi connectivity index (χ3n) is 6.30. The first-order valence-corrected chi connectivity index (χ1v) is 11.1. The van der Waals surface area contributed by atoms with E-state index in [9.17, 15) is 19.8 Å². The molecule has 2 atom stereocenters. The fourth-order valence-electron chi connectivity index (χ4n) is 3.97. The Balaban J connectivity index is 0.00000289. The first-order valence-electron chi connectivity index (χ1n) is 11.1. The van der Waals surface area contributed by atoms with Gasteiger partial charge in [-0.3, -0.25) is 4.79 Å². The van der Waals surface area contributed by atoms with Crippen LogP contribution in [-0.2, 0) is 4.79 Å². The fraction of sp³-hybridized carbons (Fsp3) is 0.286. The minimum absolute atomic E-state index is 0. The monoisotopic (exact) mass is 474 g/mol. The summed E-state index contributed by atoms with van der Waals surface area (Å²) >= 11 is 0. The van der Waals surface area contributed by atoms with Crippen LogP contribution >= 0.6 is 0 Å². The molecule has 2 aromatic rings. The Morgan fingerprint density at radius 3 is 2.12 bits per heavy atom. The number of carboxylic acids is 1. The molecule has 0 radical (unpaired) electrons. The molecule has 0 spiro atoms. The first kappa shape index (κ1) is 30.6. The predicted molar refractivity (Wildman–Crippen MR) is 123 cm³/mol. The minimum Gasteiger partial charge on any atom is -0.872 e. The van der Waals surface area contributed by atoms with Crippen LogP contribution in [0.4, 0.5) is 0 Å². The summed E-state index contributed by atoms with van der Waals surface area (Å²) in [5, 5.41) is 24.4. The van der Waals surface area contributed by atoms with Crippen molar-refractivity contribution in [1.82, 2.24) is 0 Å². The van der Waals surface area contributed by atoms with E-state index in [0.29, 0.717) is 22.3 Å². The van der Waals surface area contributed by atoms with Crippen molar-refractivity contribution in [2.24, 2.45) is 5.92 Å². The molecule has 0 bridgehead atoms. The molecule has 0 heterocycles. The number of carbonyl (C=O) groups is 2. The molecule has 0 saturated heterocycles. The van der Waals surface area contributed by atoms with Crippen molar-refractivity contribution in [3.8, 4) is 5.75 Å². The van der Waals surface area contributed by atoms with E-state index < -0.39 is 5.97 Å². The first-order chi connectivity index (χ1) is 15.3. The van der Waals surface area contributed by atoms with E-state index in [4.69, 9.17) is 0 Å². The van der Waals surface area contributed by atoms with Crippen molar-refractivity contribution < 1.29 is 78.9 Å². The molecule has 0 N–H and O–H groups in total. The summed E-state index contributed by atoms with van der Waals surface area (Å²) in [4.78, 5) is 24.4. The number of benzene rings is 2. The van der Waals surface area contributed by atoms with E-state index in [-0.39, 0.29) is 88.0 Å². The number of hydrogen-bond donors (Lipinski definition) is 0. The molecule has 0 amide bonds. The van der Waals surface area contributed by atoms with Gasteiger partial charge in [0.05, 0.1) is 5.97 Å². The topological polar surface area (TPSA) is 80.3 Å². The summed E-state index contributed by atoms with van der Waals surface area (Å²) in [6.07, 6.45) is 6.74. The Morgan fingerprint density at radius 2 is 1.53 bits per heavy atom. The van der Waals surface area contributed by atoms with Crippen LogP contribution in [0.5, 0.6) is 5.75 Å². The van der Waals surface area contributed by atoms with Gasteiger partial charge in [-0.05, 0) is 59.1 Å². The van der Waals surface area contributed by atoms with Gasteiger partial charge in [-0.2, -0.15) is 0 Å². The molecule has 0 aromatic heterocycles. The Morgan fingerprint density at radius 1 is 0.912 bits per heavy atom. The molecule has 34 heavy (non-hydrogen) atoms. The van der Waals surface area contributed by atoms with Crippen molar-refractivity contribution >= 4 is 17.3 Å². The second kappa shape index (κ2) is 13.6. The van der Waals surface area contributed by atoms with E-state index in [0.717, 1.165) is 24.0 Å². The summed E-state index contributed by atoms with van der Waals surface area (Å²) in [6.45, 7) is 8.06. The molecule has 1 aliphatic rings. The molecule has 6 heteroatoms. The molecule has 3 rings (SSSR count). The van der Waals surface area contributed by atoms with Crippen LogP contribution in [0.1, 0.15) is 73.5 Å². The quantitative estimate of drug-likeness (QED) is 0.461. The van der Waals surface area contributed by atoms with Crippen LogP contribution in [-0.4, -0.2) is 11.8 Å². The summed E-state index contributed by atoms with van der Waals surface area (Å²) in [5.41, 5.74) is 4.08. The SMILES string of the molecule is CCC(C)C1=C/C(=C(\c2ccc([O-])c(C(C)CC)c2)c2ccccc2C(=O)[O-])C=CC1=O.[Na+].[Na+]. The van der Waals surface area contributed by atoms with Gasteiger partial charge in [-0.1, -0.05) is 81.8 Å². The van der Waals surface area contributed by atoms with E-state index in [2.05, 4.69) is 0 Å². The number of rotatable bonds is 7. The Hall–Kier alpha value is -1.40. The van der Waals surface area contributed by atoms with E-state index in [1.807, 2.05) is 39.8 Å². The van der Waals surface area contributed by atoms with Crippen LogP contribution in [0.2, 0.25) is 0 Å². The van der Waals surface area contributed by atoms with Gasteiger partial charge in [-0.15, -0.1) is 5.75 Å². The molecule has 2 aromatic carbocycles. The van der Waals surface area contributed by atoms with Gasteiger partial charge in [0.25, 0.3) is 0 Å². The van der Waals surface area contributed by atoms with Crippen molar-refractivity contribution in [3.05, 3.63) is 94.1 Å². The molecular formula is C28H28Na2O4. The predicted octanol–water partition coefficient (Wildman–Crippen LogP) is -1.44. The molecule has 0 fully saturated rings.